The zero-order chi connectivity index (χ0) is 31.6. The molecule has 230 valence electrons. The average molecular weight is 629 g/mol. The van der Waals surface area contributed by atoms with Crippen molar-refractivity contribution in [2.45, 2.75) is 50.0 Å². The lowest BCUT2D eigenvalue weighted by Crippen LogP contribution is -2.36. The van der Waals surface area contributed by atoms with Crippen molar-refractivity contribution in [3.05, 3.63) is 35.6 Å². The molecule has 0 spiro atoms. The summed E-state index contributed by atoms with van der Waals surface area (Å²) in [6.07, 6.45) is -10.9. The van der Waals surface area contributed by atoms with Crippen LogP contribution in [-0.4, -0.2) is 97.0 Å². The van der Waals surface area contributed by atoms with E-state index in [9.17, 15) is 39.5 Å². The smallest absolute Gasteiger partial charge is 0.475 e. The van der Waals surface area contributed by atoms with Gasteiger partial charge in [0, 0.05) is 37.9 Å². The van der Waals surface area contributed by atoms with E-state index in [0.29, 0.717) is 12.1 Å². The summed E-state index contributed by atoms with van der Waals surface area (Å²) >= 11 is 1.65. The van der Waals surface area contributed by atoms with Gasteiger partial charge in [0.15, 0.2) is 0 Å². The number of nitrogens with zero attached hydrogens (tertiary/aromatic N) is 5. The molecule has 0 unspecified atom stereocenters. The van der Waals surface area contributed by atoms with Crippen LogP contribution < -0.4 is 4.90 Å². The normalized spacial score (nSPS) is 18.5. The maximum atomic E-state index is 10.6. The number of fused-ring (bicyclic) bond motifs is 1. The molecule has 41 heavy (non-hydrogen) atoms. The minimum absolute atomic E-state index is 0.603. The van der Waals surface area contributed by atoms with E-state index in [1.807, 2.05) is 17.8 Å². The molecule has 2 aromatic heterocycles. The molecule has 2 atom stereocenters. The predicted molar refractivity (Wildman–Crippen MR) is 120 cm³/mol. The van der Waals surface area contributed by atoms with Crippen molar-refractivity contribution in [3.8, 4) is 0 Å². The number of alkyl halides is 9. The fourth-order valence-electron chi connectivity index (χ4n) is 3.50. The van der Waals surface area contributed by atoms with Crippen molar-refractivity contribution in [1.82, 2.24) is 20.1 Å². The highest BCUT2D eigenvalue weighted by molar-refractivity contribution is 7.13. The lowest BCUT2D eigenvalue weighted by atomic mass is 10.1. The van der Waals surface area contributed by atoms with Gasteiger partial charge in [0.2, 0.25) is 5.13 Å². The number of carbonyl (C=O) groups is 3. The Morgan fingerprint density at radius 3 is 1.71 bits per heavy atom. The summed E-state index contributed by atoms with van der Waals surface area (Å²) in [5, 5.41) is 30.7. The van der Waals surface area contributed by atoms with E-state index in [2.05, 4.69) is 37.1 Å². The number of carboxylic acids is 3. The van der Waals surface area contributed by atoms with Crippen LogP contribution in [0.4, 0.5) is 44.6 Å². The lowest BCUT2D eigenvalue weighted by molar-refractivity contribution is -0.193. The first-order valence-corrected chi connectivity index (χ1v) is 11.7. The van der Waals surface area contributed by atoms with Crippen molar-refractivity contribution in [3.63, 3.8) is 0 Å². The molecule has 0 radical (unpaired) electrons. The van der Waals surface area contributed by atoms with Gasteiger partial charge in [-0.3, -0.25) is 9.88 Å². The lowest BCUT2D eigenvalue weighted by Gasteiger charge is -2.24. The van der Waals surface area contributed by atoms with Crippen LogP contribution in [0.5, 0.6) is 0 Å². The number of hydrogen-bond acceptors (Lipinski definition) is 9. The highest BCUT2D eigenvalue weighted by Gasteiger charge is 2.43. The standard InChI is InChI=1S/C14H17N5S.3C2HF3O2/c1-2-6-15-11(3-1)9-18-7-4-13-12(18)5-8-19(13)14-17-16-10-20-14;3*3-2(4,5)1(6)7/h1-3,6,10,12-13H,4-5,7-9H2;3*(H,6,7)/t12-,13+;;;/m1.../s1. The van der Waals surface area contributed by atoms with Crippen LogP contribution in [0.3, 0.4) is 0 Å². The minimum atomic E-state index is -5.08. The maximum absolute atomic E-state index is 10.6. The molecule has 2 aromatic rings. The van der Waals surface area contributed by atoms with E-state index in [4.69, 9.17) is 29.7 Å². The van der Waals surface area contributed by atoms with Gasteiger partial charge in [-0.1, -0.05) is 17.4 Å². The van der Waals surface area contributed by atoms with Gasteiger partial charge < -0.3 is 20.2 Å². The molecule has 2 aliphatic rings. The second-order valence-electron chi connectivity index (χ2n) is 7.83. The fourth-order valence-corrected chi connectivity index (χ4v) is 4.15. The fraction of sp³-hybridized carbons (Fsp3) is 0.500. The molecule has 0 saturated carbocycles. The number of carboxylic acid groups (broad SMARTS) is 3. The second kappa shape index (κ2) is 14.8. The van der Waals surface area contributed by atoms with E-state index in [0.717, 1.165) is 24.8 Å². The number of halogens is 9. The molecular weight excluding hydrogens is 609 g/mol. The Balaban J connectivity index is 0.000000333. The number of hydrogen-bond donors (Lipinski definition) is 3. The van der Waals surface area contributed by atoms with E-state index in [1.54, 1.807) is 11.3 Å². The number of rotatable bonds is 3. The van der Waals surface area contributed by atoms with Crippen LogP contribution in [0, 0.1) is 0 Å². The number of pyridine rings is 1. The van der Waals surface area contributed by atoms with E-state index < -0.39 is 36.4 Å². The Labute approximate surface area is 227 Å². The molecule has 2 fully saturated rings. The topological polar surface area (TPSA) is 157 Å². The summed E-state index contributed by atoms with van der Waals surface area (Å²) in [5.74, 6) is -8.27. The SMILES string of the molecule is O=C(O)C(F)(F)F.O=C(O)C(F)(F)F.O=C(O)C(F)(F)F.c1ccc(CN2CC[C@H]3[C@H]2CCN3c2nncs2)nc1. The third-order valence-corrected chi connectivity index (χ3v) is 5.83. The Bertz CT molecular complexity index is 1060. The van der Waals surface area contributed by atoms with Gasteiger partial charge in [0.25, 0.3) is 0 Å². The van der Waals surface area contributed by atoms with Crippen molar-refractivity contribution in [2.75, 3.05) is 18.0 Å². The van der Waals surface area contributed by atoms with Crippen molar-refractivity contribution in [2.24, 2.45) is 0 Å². The van der Waals surface area contributed by atoms with Crippen molar-refractivity contribution in [1.29, 1.82) is 0 Å². The number of anilines is 1. The summed E-state index contributed by atoms with van der Waals surface area (Å²) in [6, 6.07) is 7.40. The van der Waals surface area contributed by atoms with Crippen LogP contribution in [0.25, 0.3) is 0 Å². The van der Waals surface area contributed by atoms with Gasteiger partial charge in [-0.2, -0.15) is 39.5 Å². The minimum Gasteiger partial charge on any atom is -0.475 e. The van der Waals surface area contributed by atoms with Gasteiger partial charge in [0.1, 0.15) is 5.51 Å². The van der Waals surface area contributed by atoms with Gasteiger partial charge in [0.05, 0.1) is 5.69 Å². The summed E-state index contributed by atoms with van der Waals surface area (Å²) in [5.41, 5.74) is 2.99. The predicted octanol–water partition coefficient (Wildman–Crippen LogP) is 3.69. The molecule has 0 aliphatic carbocycles. The maximum Gasteiger partial charge on any atom is 0.490 e. The summed E-state index contributed by atoms with van der Waals surface area (Å²) in [4.78, 5) is 36.2. The molecule has 2 aliphatic heterocycles. The van der Waals surface area contributed by atoms with Gasteiger partial charge in [-0.25, -0.2) is 14.4 Å². The molecular formula is C20H20F9N5O6S. The van der Waals surface area contributed by atoms with Crippen molar-refractivity contribution >= 4 is 34.4 Å². The zero-order valence-corrected chi connectivity index (χ0v) is 21.0. The number of aliphatic carboxylic acids is 3. The first-order chi connectivity index (χ1) is 18.7. The van der Waals surface area contributed by atoms with Crippen LogP contribution in [-0.2, 0) is 20.9 Å². The van der Waals surface area contributed by atoms with Crippen LogP contribution in [0.2, 0.25) is 0 Å². The van der Waals surface area contributed by atoms with Gasteiger partial charge >= 0.3 is 36.4 Å². The molecule has 21 heteroatoms. The largest absolute Gasteiger partial charge is 0.490 e. The summed E-state index contributed by atoms with van der Waals surface area (Å²) < 4.78 is 95.2. The Morgan fingerprint density at radius 2 is 1.32 bits per heavy atom. The second-order valence-corrected chi connectivity index (χ2v) is 8.64. The van der Waals surface area contributed by atoms with E-state index >= 15 is 0 Å². The van der Waals surface area contributed by atoms with Crippen LogP contribution >= 0.6 is 11.3 Å². The van der Waals surface area contributed by atoms with Crippen LogP contribution in [0.15, 0.2) is 29.9 Å². The van der Waals surface area contributed by atoms with Gasteiger partial charge in [-0.15, -0.1) is 10.2 Å². The Morgan fingerprint density at radius 1 is 0.829 bits per heavy atom. The zero-order valence-electron chi connectivity index (χ0n) is 20.2. The molecule has 3 N–H and O–H groups in total. The highest BCUT2D eigenvalue weighted by atomic mass is 32.1. The summed E-state index contributed by atoms with van der Waals surface area (Å²) in [6.45, 7) is 3.22. The Hall–Kier alpha value is -3.75. The third-order valence-electron chi connectivity index (χ3n) is 5.10. The van der Waals surface area contributed by atoms with E-state index in [-0.39, 0.29) is 0 Å². The van der Waals surface area contributed by atoms with Crippen LogP contribution in [0.1, 0.15) is 18.5 Å². The number of aromatic nitrogens is 3. The first-order valence-electron chi connectivity index (χ1n) is 10.8. The average Bonchev–Trinajstić information content (AvgIpc) is 3.58. The quantitative estimate of drug-likeness (QED) is 0.426. The third kappa shape index (κ3) is 12.1. The first kappa shape index (κ1) is 35.3. The molecule has 0 bridgehead atoms. The molecule has 11 nitrogen and oxygen atoms in total. The Kier molecular flexibility index (Phi) is 12.7. The summed E-state index contributed by atoms with van der Waals surface area (Å²) in [7, 11) is 0. The molecule has 4 heterocycles. The number of likely N-dealkylation sites (tertiary alicyclic amines) is 1. The molecule has 0 amide bonds. The molecule has 2 saturated heterocycles. The van der Waals surface area contributed by atoms with Crippen molar-refractivity contribution < 1.29 is 69.2 Å². The molecule has 0 aromatic carbocycles. The van der Waals surface area contributed by atoms with Gasteiger partial charge in [-0.05, 0) is 25.0 Å². The monoisotopic (exact) mass is 629 g/mol. The van der Waals surface area contributed by atoms with E-state index in [1.165, 1.54) is 18.5 Å². The molecule has 4 rings (SSSR count). The highest BCUT2D eigenvalue weighted by Crippen LogP contribution is 2.36.